The minimum Gasteiger partial charge on any atom is -0.352 e. The zero-order valence-corrected chi connectivity index (χ0v) is 17.2. The Labute approximate surface area is 173 Å². The minimum atomic E-state index is -0.610. The Hall–Kier alpha value is -2.88. The van der Waals surface area contributed by atoms with E-state index in [1.807, 2.05) is 36.1 Å². The van der Waals surface area contributed by atoms with Gasteiger partial charge < -0.3 is 10.2 Å². The third-order valence-corrected chi connectivity index (χ3v) is 5.70. The molecule has 4 nitrogen and oxygen atoms in total. The molecule has 3 rings (SSSR count). The van der Waals surface area contributed by atoms with Gasteiger partial charge in [0.2, 0.25) is 11.8 Å². The fourth-order valence-electron chi connectivity index (χ4n) is 4.21. The maximum atomic E-state index is 13.2. The molecule has 0 radical (unpaired) electrons. The van der Waals surface area contributed by atoms with Gasteiger partial charge in [-0.05, 0) is 36.0 Å². The molecule has 0 spiro atoms. The van der Waals surface area contributed by atoms with Gasteiger partial charge in [-0.15, -0.1) is 6.58 Å². The van der Waals surface area contributed by atoms with Crippen molar-refractivity contribution in [3.8, 4) is 11.1 Å². The quantitative estimate of drug-likeness (QED) is 0.720. The van der Waals surface area contributed by atoms with Crippen LogP contribution in [-0.4, -0.2) is 36.3 Å². The highest BCUT2D eigenvalue weighted by Crippen LogP contribution is 2.35. The number of carbonyl (C=O) groups excluding carboxylic acids is 2. The van der Waals surface area contributed by atoms with Crippen molar-refractivity contribution in [3.63, 3.8) is 0 Å². The second kappa shape index (κ2) is 9.55. The fraction of sp³-hybridized carbons (Fsp3) is 0.360. The third kappa shape index (κ3) is 4.94. The molecule has 1 fully saturated rings. The molecular weight excluding hydrogens is 360 g/mol. The molecule has 152 valence electrons. The van der Waals surface area contributed by atoms with E-state index in [1.165, 1.54) is 0 Å². The first-order chi connectivity index (χ1) is 14.1. The number of hydrogen-bond acceptors (Lipinski definition) is 2. The van der Waals surface area contributed by atoms with Gasteiger partial charge in [-0.1, -0.05) is 67.6 Å². The Morgan fingerprint density at radius 3 is 2.62 bits per heavy atom. The monoisotopic (exact) mass is 390 g/mol. The van der Waals surface area contributed by atoms with Crippen LogP contribution in [0.5, 0.6) is 0 Å². The van der Waals surface area contributed by atoms with Gasteiger partial charge in [0.15, 0.2) is 0 Å². The maximum Gasteiger partial charge on any atom is 0.228 e. The Bertz CT molecular complexity index is 862. The molecule has 1 atom stereocenters. The summed E-state index contributed by atoms with van der Waals surface area (Å²) in [6.07, 6.45) is 4.39. The summed E-state index contributed by atoms with van der Waals surface area (Å²) < 4.78 is 0. The van der Waals surface area contributed by atoms with Crippen LogP contribution in [0, 0.1) is 5.41 Å². The molecule has 2 aromatic carbocycles. The first-order valence-corrected chi connectivity index (χ1v) is 10.4. The summed E-state index contributed by atoms with van der Waals surface area (Å²) >= 11 is 0. The summed E-state index contributed by atoms with van der Waals surface area (Å²) in [7, 11) is 0. The molecule has 1 N–H and O–H groups in total. The number of benzene rings is 2. The average Bonchev–Trinajstić information content (AvgIpc) is 2.77. The number of hydrogen-bond donors (Lipinski definition) is 1. The van der Waals surface area contributed by atoms with Crippen LogP contribution in [0.1, 0.15) is 31.7 Å². The van der Waals surface area contributed by atoms with Crippen molar-refractivity contribution < 1.29 is 9.59 Å². The second-order valence-electron chi connectivity index (χ2n) is 7.79. The molecule has 0 bridgehead atoms. The Balaban J connectivity index is 1.90. The lowest BCUT2D eigenvalue weighted by atomic mass is 9.74. The van der Waals surface area contributed by atoms with Crippen LogP contribution in [0.2, 0.25) is 0 Å². The van der Waals surface area contributed by atoms with Crippen LogP contribution < -0.4 is 5.32 Å². The summed E-state index contributed by atoms with van der Waals surface area (Å²) in [5.74, 6) is 0.125. The van der Waals surface area contributed by atoms with Gasteiger partial charge >= 0.3 is 0 Å². The van der Waals surface area contributed by atoms with Gasteiger partial charge in [0.1, 0.15) is 0 Å². The molecule has 0 saturated carbocycles. The summed E-state index contributed by atoms with van der Waals surface area (Å²) in [4.78, 5) is 27.4. The summed E-state index contributed by atoms with van der Waals surface area (Å²) in [6.45, 7) is 7.22. The topological polar surface area (TPSA) is 49.4 Å². The number of piperidine rings is 1. The van der Waals surface area contributed by atoms with Crippen molar-refractivity contribution in [2.45, 2.75) is 32.6 Å². The highest BCUT2D eigenvalue weighted by Gasteiger charge is 2.43. The number of nitrogens with zero attached hydrogens (tertiary/aromatic N) is 1. The SMILES string of the molecule is C=CCNC(=O)C1(Cc2cccc(-c3ccccc3)c2)CCCN(C(=O)CC)C1. The van der Waals surface area contributed by atoms with Gasteiger partial charge in [-0.2, -0.15) is 0 Å². The van der Waals surface area contributed by atoms with Crippen LogP contribution >= 0.6 is 0 Å². The molecule has 1 aliphatic rings. The molecule has 0 aromatic heterocycles. The Morgan fingerprint density at radius 2 is 1.90 bits per heavy atom. The van der Waals surface area contributed by atoms with E-state index in [4.69, 9.17) is 0 Å². The van der Waals surface area contributed by atoms with Crippen molar-refractivity contribution >= 4 is 11.8 Å². The number of rotatable bonds is 7. The Morgan fingerprint density at radius 1 is 1.14 bits per heavy atom. The van der Waals surface area contributed by atoms with Gasteiger partial charge in [0, 0.05) is 26.1 Å². The second-order valence-corrected chi connectivity index (χ2v) is 7.79. The average molecular weight is 391 g/mol. The van der Waals surface area contributed by atoms with Gasteiger partial charge in [-0.3, -0.25) is 9.59 Å². The summed E-state index contributed by atoms with van der Waals surface area (Å²) in [6, 6.07) is 18.6. The molecule has 1 unspecified atom stereocenters. The lowest BCUT2D eigenvalue weighted by Crippen LogP contribution is -2.54. The zero-order chi connectivity index (χ0) is 20.7. The molecule has 29 heavy (non-hydrogen) atoms. The predicted molar refractivity (Wildman–Crippen MR) is 117 cm³/mol. The molecule has 2 aromatic rings. The van der Waals surface area contributed by atoms with E-state index in [-0.39, 0.29) is 11.8 Å². The summed E-state index contributed by atoms with van der Waals surface area (Å²) in [5, 5.41) is 2.99. The van der Waals surface area contributed by atoms with Crippen LogP contribution in [0.4, 0.5) is 0 Å². The fourth-order valence-corrected chi connectivity index (χ4v) is 4.21. The molecule has 4 heteroatoms. The highest BCUT2D eigenvalue weighted by molar-refractivity contribution is 5.85. The van der Waals surface area contributed by atoms with E-state index in [0.29, 0.717) is 25.9 Å². The van der Waals surface area contributed by atoms with E-state index in [2.05, 4.69) is 42.2 Å². The first kappa shape index (κ1) is 20.8. The van der Waals surface area contributed by atoms with Crippen molar-refractivity contribution in [3.05, 3.63) is 72.8 Å². The lowest BCUT2D eigenvalue weighted by molar-refractivity contribution is -0.141. The van der Waals surface area contributed by atoms with Gasteiger partial charge in [0.25, 0.3) is 0 Å². The molecule has 2 amide bonds. The van der Waals surface area contributed by atoms with E-state index < -0.39 is 5.41 Å². The first-order valence-electron chi connectivity index (χ1n) is 10.4. The molecule has 1 heterocycles. The molecular formula is C25H30N2O2. The Kier molecular flexibility index (Phi) is 6.86. The van der Waals surface area contributed by atoms with Crippen molar-refractivity contribution in [1.82, 2.24) is 10.2 Å². The standard InChI is InChI=1S/C25H30N2O2/c1-3-15-26-24(29)25(14-9-16-27(19-25)23(28)4-2)18-20-10-8-13-22(17-20)21-11-6-5-7-12-21/h3,5-8,10-13,17H,1,4,9,14-16,18-19H2,2H3,(H,26,29). The number of likely N-dealkylation sites (tertiary alicyclic amines) is 1. The van der Waals surface area contributed by atoms with Crippen LogP contribution in [-0.2, 0) is 16.0 Å². The predicted octanol–water partition coefficient (Wildman–Crippen LogP) is 4.22. The number of carbonyl (C=O) groups is 2. The van der Waals surface area contributed by atoms with E-state index >= 15 is 0 Å². The van der Waals surface area contributed by atoms with Gasteiger partial charge in [0.05, 0.1) is 5.41 Å². The van der Waals surface area contributed by atoms with Crippen molar-refractivity contribution in [2.24, 2.45) is 5.41 Å². The van der Waals surface area contributed by atoms with Gasteiger partial charge in [-0.25, -0.2) is 0 Å². The highest BCUT2D eigenvalue weighted by atomic mass is 16.2. The van der Waals surface area contributed by atoms with Crippen LogP contribution in [0.25, 0.3) is 11.1 Å². The van der Waals surface area contributed by atoms with Crippen molar-refractivity contribution in [2.75, 3.05) is 19.6 Å². The summed E-state index contributed by atoms with van der Waals surface area (Å²) in [5.41, 5.74) is 2.81. The largest absolute Gasteiger partial charge is 0.352 e. The van der Waals surface area contributed by atoms with Crippen LogP contribution in [0.3, 0.4) is 0 Å². The molecule has 1 aliphatic heterocycles. The van der Waals surface area contributed by atoms with E-state index in [9.17, 15) is 9.59 Å². The van der Waals surface area contributed by atoms with Crippen molar-refractivity contribution in [1.29, 1.82) is 0 Å². The molecule has 0 aliphatic carbocycles. The smallest absolute Gasteiger partial charge is 0.228 e. The minimum absolute atomic E-state index is 0.0103. The lowest BCUT2D eigenvalue weighted by Gasteiger charge is -2.42. The molecule has 1 saturated heterocycles. The third-order valence-electron chi connectivity index (χ3n) is 5.70. The normalized spacial score (nSPS) is 18.9. The maximum absolute atomic E-state index is 13.2. The van der Waals surface area contributed by atoms with Crippen LogP contribution in [0.15, 0.2) is 67.3 Å². The number of amides is 2. The van der Waals surface area contributed by atoms with E-state index in [0.717, 1.165) is 36.1 Å². The zero-order valence-electron chi connectivity index (χ0n) is 17.2. The number of nitrogens with one attached hydrogen (secondary N) is 1. The van der Waals surface area contributed by atoms with E-state index in [1.54, 1.807) is 6.08 Å².